The van der Waals surface area contributed by atoms with E-state index in [2.05, 4.69) is 49.1 Å². The smallest absolute Gasteiger partial charge is 0.169 e. The fourth-order valence-electron chi connectivity index (χ4n) is 2.84. The van der Waals surface area contributed by atoms with E-state index in [1.54, 1.807) is 0 Å². The topological polar surface area (TPSA) is 21.7 Å². The molecule has 0 bridgehead atoms. The first-order valence-corrected chi connectivity index (χ1v) is 6.74. The Morgan fingerprint density at radius 2 is 2.00 bits per heavy atom. The number of hydrogen-bond donors (Lipinski definition) is 0. The van der Waals surface area contributed by atoms with Crippen LogP contribution in [0.4, 0.5) is 0 Å². The second-order valence-electron chi connectivity index (χ2n) is 5.67. The van der Waals surface area contributed by atoms with Crippen LogP contribution in [0, 0.1) is 5.92 Å². The van der Waals surface area contributed by atoms with Crippen molar-refractivity contribution < 1.29 is 9.47 Å². The van der Waals surface area contributed by atoms with Gasteiger partial charge >= 0.3 is 0 Å². The van der Waals surface area contributed by atoms with Gasteiger partial charge in [-0.25, -0.2) is 0 Å². The van der Waals surface area contributed by atoms with Gasteiger partial charge in [0.25, 0.3) is 0 Å². The van der Waals surface area contributed by atoms with Gasteiger partial charge in [-0.3, -0.25) is 4.90 Å². The predicted octanol–water partition coefficient (Wildman–Crippen LogP) is 2.27. The predicted molar refractivity (Wildman–Crippen MR) is 70.1 cm³/mol. The van der Waals surface area contributed by atoms with Gasteiger partial charge < -0.3 is 9.47 Å². The van der Waals surface area contributed by atoms with Crippen LogP contribution in [0.25, 0.3) is 0 Å². The van der Waals surface area contributed by atoms with E-state index in [-0.39, 0.29) is 5.72 Å². The molecule has 1 aromatic rings. The Hall–Kier alpha value is -0.900. The van der Waals surface area contributed by atoms with Gasteiger partial charge in [0.2, 0.25) is 0 Å². The van der Waals surface area contributed by atoms with Gasteiger partial charge in [0.05, 0.1) is 19.8 Å². The highest BCUT2D eigenvalue weighted by molar-refractivity contribution is 5.16. The molecule has 2 aliphatic rings. The normalized spacial score (nSPS) is 26.7. The molecule has 0 aromatic heterocycles. The Kier molecular flexibility index (Phi) is 3.14. The second-order valence-corrected chi connectivity index (χ2v) is 5.67. The lowest BCUT2D eigenvalue weighted by molar-refractivity contribution is -0.247. The van der Waals surface area contributed by atoms with Gasteiger partial charge in [-0.15, -0.1) is 0 Å². The summed E-state index contributed by atoms with van der Waals surface area (Å²) in [4.78, 5) is 2.50. The Morgan fingerprint density at radius 1 is 1.28 bits per heavy atom. The third kappa shape index (κ3) is 1.96. The molecule has 3 nitrogen and oxygen atoms in total. The summed E-state index contributed by atoms with van der Waals surface area (Å²) in [6, 6.07) is 11.1. The van der Waals surface area contributed by atoms with Crippen LogP contribution in [-0.4, -0.2) is 36.5 Å². The molecule has 0 saturated carbocycles. The van der Waals surface area contributed by atoms with Crippen molar-refractivity contribution in [2.45, 2.75) is 32.2 Å². The van der Waals surface area contributed by atoms with E-state index < -0.39 is 0 Å². The molecular weight excluding hydrogens is 226 g/mol. The second kappa shape index (κ2) is 4.65. The number of ether oxygens (including phenoxy) is 2. The van der Waals surface area contributed by atoms with E-state index in [1.807, 2.05) is 0 Å². The van der Waals surface area contributed by atoms with Gasteiger partial charge in [0.1, 0.15) is 0 Å². The molecule has 0 unspecified atom stereocenters. The quantitative estimate of drug-likeness (QED) is 0.818. The van der Waals surface area contributed by atoms with Gasteiger partial charge in [-0.05, 0) is 11.5 Å². The van der Waals surface area contributed by atoms with Crippen molar-refractivity contribution in [1.29, 1.82) is 0 Å². The van der Waals surface area contributed by atoms with Gasteiger partial charge in [-0.2, -0.15) is 0 Å². The summed E-state index contributed by atoms with van der Waals surface area (Å²) in [6.07, 6.45) is 0. The molecule has 0 aliphatic carbocycles. The minimum Gasteiger partial charge on any atom is -0.372 e. The summed E-state index contributed by atoms with van der Waals surface area (Å²) >= 11 is 0. The van der Waals surface area contributed by atoms with Crippen molar-refractivity contribution in [3.8, 4) is 0 Å². The Balaban J connectivity index is 1.81. The molecular formula is C15H21NO2. The van der Waals surface area contributed by atoms with Crippen LogP contribution < -0.4 is 0 Å². The minimum absolute atomic E-state index is 0.148. The lowest BCUT2D eigenvalue weighted by Crippen LogP contribution is -2.61. The van der Waals surface area contributed by atoms with Gasteiger partial charge in [-0.1, -0.05) is 44.2 Å². The van der Waals surface area contributed by atoms with Crippen molar-refractivity contribution in [3.05, 3.63) is 35.9 Å². The summed E-state index contributed by atoms with van der Waals surface area (Å²) in [5, 5.41) is 0. The van der Waals surface area contributed by atoms with Crippen LogP contribution in [0.3, 0.4) is 0 Å². The van der Waals surface area contributed by atoms with Crippen LogP contribution in [0.5, 0.6) is 0 Å². The highest BCUT2D eigenvalue weighted by Crippen LogP contribution is 2.37. The molecule has 3 rings (SSSR count). The van der Waals surface area contributed by atoms with Crippen LogP contribution in [0.15, 0.2) is 30.3 Å². The summed E-state index contributed by atoms with van der Waals surface area (Å²) in [7, 11) is 0. The van der Waals surface area contributed by atoms with Crippen LogP contribution in [0.1, 0.15) is 19.4 Å². The first-order chi connectivity index (χ1) is 8.71. The van der Waals surface area contributed by atoms with E-state index in [9.17, 15) is 0 Å². The van der Waals surface area contributed by atoms with Crippen LogP contribution in [-0.2, 0) is 16.0 Å². The molecule has 18 heavy (non-hydrogen) atoms. The molecule has 3 heteroatoms. The highest BCUT2D eigenvalue weighted by atomic mass is 16.6. The van der Waals surface area contributed by atoms with Crippen molar-refractivity contribution in [1.82, 2.24) is 4.90 Å². The maximum Gasteiger partial charge on any atom is 0.169 e. The summed E-state index contributed by atoms with van der Waals surface area (Å²) in [5.41, 5.74) is 1.20. The maximum absolute atomic E-state index is 6.04. The molecule has 2 fully saturated rings. The number of rotatable bonds is 3. The average Bonchev–Trinajstić information content (AvgIpc) is 2.69. The van der Waals surface area contributed by atoms with Gasteiger partial charge in [0.15, 0.2) is 5.72 Å². The molecule has 1 aromatic carbocycles. The van der Waals surface area contributed by atoms with Crippen LogP contribution >= 0.6 is 0 Å². The highest BCUT2D eigenvalue weighted by Gasteiger charge is 2.53. The first kappa shape index (κ1) is 12.2. The fourth-order valence-corrected chi connectivity index (χ4v) is 2.84. The molecule has 1 spiro atoms. The lowest BCUT2D eigenvalue weighted by atomic mass is 10.0. The average molecular weight is 247 g/mol. The largest absolute Gasteiger partial charge is 0.372 e. The van der Waals surface area contributed by atoms with Crippen molar-refractivity contribution >= 4 is 0 Å². The van der Waals surface area contributed by atoms with Gasteiger partial charge in [0, 0.05) is 12.6 Å². The maximum atomic E-state index is 6.04. The Bertz CT molecular complexity index is 400. The first-order valence-electron chi connectivity index (χ1n) is 6.74. The molecule has 2 saturated heterocycles. The molecule has 1 atom stereocenters. The van der Waals surface area contributed by atoms with Crippen molar-refractivity contribution in [2.75, 3.05) is 19.8 Å². The third-order valence-electron chi connectivity index (χ3n) is 4.07. The summed E-state index contributed by atoms with van der Waals surface area (Å²) < 4.78 is 11.4. The third-order valence-corrected chi connectivity index (χ3v) is 4.07. The number of nitrogens with zero attached hydrogens (tertiary/aromatic N) is 1. The van der Waals surface area contributed by atoms with E-state index in [4.69, 9.17) is 9.47 Å². The minimum atomic E-state index is -0.148. The zero-order valence-electron chi connectivity index (χ0n) is 11.1. The van der Waals surface area contributed by atoms with Crippen LogP contribution in [0.2, 0.25) is 0 Å². The molecule has 2 heterocycles. The molecule has 0 N–H and O–H groups in total. The Labute approximate surface area is 109 Å². The standard InChI is InChI=1S/C15H21NO2/c1-12(2)14-9-18-15(10-17-11-15)16(14)8-13-6-4-3-5-7-13/h3-7,12,14H,8-11H2,1-2H3/t14-/m1/s1. The number of hydrogen-bond acceptors (Lipinski definition) is 3. The Morgan fingerprint density at radius 3 is 2.56 bits per heavy atom. The molecule has 0 amide bonds. The van der Waals surface area contributed by atoms with E-state index >= 15 is 0 Å². The van der Waals surface area contributed by atoms with E-state index in [1.165, 1.54) is 5.56 Å². The zero-order chi connectivity index (χ0) is 12.6. The van der Waals surface area contributed by atoms with Crippen molar-refractivity contribution in [2.24, 2.45) is 5.92 Å². The van der Waals surface area contributed by atoms with E-state index in [0.29, 0.717) is 25.2 Å². The zero-order valence-corrected chi connectivity index (χ0v) is 11.1. The van der Waals surface area contributed by atoms with Crippen molar-refractivity contribution in [3.63, 3.8) is 0 Å². The number of benzene rings is 1. The lowest BCUT2D eigenvalue weighted by Gasteiger charge is -2.45. The molecule has 2 aliphatic heterocycles. The summed E-state index contributed by atoms with van der Waals surface area (Å²) in [5.74, 6) is 0.605. The molecule has 0 radical (unpaired) electrons. The molecule has 98 valence electrons. The SMILES string of the molecule is CC(C)[C@H]1COC2(COC2)N1Cc1ccccc1. The summed E-state index contributed by atoms with van der Waals surface area (Å²) in [6.45, 7) is 7.74. The fraction of sp³-hybridized carbons (Fsp3) is 0.600. The monoisotopic (exact) mass is 247 g/mol. The van der Waals surface area contributed by atoms with E-state index in [0.717, 1.165) is 13.2 Å².